The summed E-state index contributed by atoms with van der Waals surface area (Å²) in [6.07, 6.45) is 4.48. The van der Waals surface area contributed by atoms with Crippen LogP contribution in [0.1, 0.15) is 41.1 Å². The van der Waals surface area contributed by atoms with Crippen molar-refractivity contribution in [3.63, 3.8) is 0 Å². The van der Waals surface area contributed by atoms with Gasteiger partial charge in [-0.3, -0.25) is 0 Å². The van der Waals surface area contributed by atoms with Crippen molar-refractivity contribution < 1.29 is 9.13 Å². The highest BCUT2D eigenvalue weighted by atomic mass is 19.1. The fraction of sp³-hybridized carbons (Fsp3) is 0.250. The van der Waals surface area contributed by atoms with Gasteiger partial charge < -0.3 is 9.14 Å². The summed E-state index contributed by atoms with van der Waals surface area (Å²) in [7, 11) is 1.70. The van der Waals surface area contributed by atoms with Gasteiger partial charge in [0.2, 0.25) is 0 Å². The second kappa shape index (κ2) is 9.43. The van der Waals surface area contributed by atoms with Crippen molar-refractivity contribution in [2.24, 2.45) is 0 Å². The van der Waals surface area contributed by atoms with Crippen LogP contribution in [0.4, 0.5) is 4.39 Å². The molecule has 6 nitrogen and oxygen atoms in total. The molecule has 1 unspecified atom stereocenters. The van der Waals surface area contributed by atoms with E-state index < -0.39 is 0 Å². The van der Waals surface area contributed by atoms with Crippen LogP contribution in [0.2, 0.25) is 0 Å². The minimum atomic E-state index is -0.259. The molecule has 0 aliphatic rings. The summed E-state index contributed by atoms with van der Waals surface area (Å²) in [5, 5.41) is 4.45. The molecule has 5 rings (SSSR count). The van der Waals surface area contributed by atoms with Crippen LogP contribution in [0.25, 0.3) is 22.6 Å². The van der Waals surface area contributed by atoms with E-state index in [0.717, 1.165) is 45.2 Å². The molecular weight excluding hydrogens is 441 g/mol. The first-order valence-electron chi connectivity index (χ1n) is 11.7. The Bertz CT molecular complexity index is 1490. The highest BCUT2D eigenvalue weighted by Gasteiger charge is 2.20. The molecule has 3 heterocycles. The van der Waals surface area contributed by atoms with E-state index >= 15 is 0 Å². The van der Waals surface area contributed by atoms with Gasteiger partial charge in [0.05, 0.1) is 23.7 Å². The summed E-state index contributed by atoms with van der Waals surface area (Å²) in [4.78, 5) is 9.31. The third-order valence-electron chi connectivity index (χ3n) is 6.48. The van der Waals surface area contributed by atoms with Gasteiger partial charge in [0.1, 0.15) is 23.6 Å². The van der Waals surface area contributed by atoms with E-state index in [9.17, 15) is 4.39 Å². The average Bonchev–Trinajstić information content (AvgIpc) is 3.46. The largest absolute Gasteiger partial charge is 0.384 e. The Morgan fingerprint density at radius 3 is 2.54 bits per heavy atom. The van der Waals surface area contributed by atoms with Crippen molar-refractivity contribution in [3.05, 3.63) is 101 Å². The maximum Gasteiger partial charge on any atom is 0.147 e. The zero-order valence-corrected chi connectivity index (χ0v) is 20.4. The van der Waals surface area contributed by atoms with Gasteiger partial charge in [0.15, 0.2) is 0 Å². The molecule has 0 radical (unpaired) electrons. The lowest BCUT2D eigenvalue weighted by Crippen LogP contribution is -2.04. The summed E-state index contributed by atoms with van der Waals surface area (Å²) in [5.41, 5.74) is 8.17. The maximum atomic E-state index is 13.6. The van der Waals surface area contributed by atoms with Gasteiger partial charge in [0, 0.05) is 36.8 Å². The van der Waals surface area contributed by atoms with E-state index in [1.165, 1.54) is 17.7 Å². The summed E-state index contributed by atoms with van der Waals surface area (Å²) in [6.45, 7) is 6.75. The number of ether oxygens (including phenoxy) is 1. The molecular formula is C28H28FN5O. The third-order valence-corrected chi connectivity index (χ3v) is 6.48. The Hall–Kier alpha value is -3.84. The van der Waals surface area contributed by atoms with Crippen LogP contribution in [0.5, 0.6) is 0 Å². The van der Waals surface area contributed by atoms with Crippen molar-refractivity contribution in [2.75, 3.05) is 13.7 Å². The first-order valence-corrected chi connectivity index (χ1v) is 11.7. The van der Waals surface area contributed by atoms with Gasteiger partial charge in [-0.2, -0.15) is 5.10 Å². The highest BCUT2D eigenvalue weighted by Crippen LogP contribution is 2.33. The lowest BCUT2D eigenvalue weighted by Gasteiger charge is -2.16. The van der Waals surface area contributed by atoms with Crippen molar-refractivity contribution in [2.45, 2.75) is 33.1 Å². The Morgan fingerprint density at radius 1 is 1.06 bits per heavy atom. The molecule has 35 heavy (non-hydrogen) atoms. The number of hydrogen-bond acceptors (Lipinski definition) is 4. The second-order valence-corrected chi connectivity index (χ2v) is 8.82. The Balaban J connectivity index is 1.58. The fourth-order valence-electron chi connectivity index (χ4n) is 4.60. The molecule has 178 valence electrons. The molecule has 0 saturated heterocycles. The number of hydrogen-bond donors (Lipinski definition) is 0. The summed E-state index contributed by atoms with van der Waals surface area (Å²) in [5.74, 6) is 0.599. The van der Waals surface area contributed by atoms with E-state index in [-0.39, 0.29) is 11.7 Å². The highest BCUT2D eigenvalue weighted by molar-refractivity contribution is 5.69. The molecule has 0 amide bonds. The molecule has 2 aromatic carbocycles. The van der Waals surface area contributed by atoms with Gasteiger partial charge in [-0.15, -0.1) is 0 Å². The summed E-state index contributed by atoms with van der Waals surface area (Å²) < 4.78 is 22.9. The number of benzene rings is 2. The number of aryl methyl sites for hydroxylation is 2. The smallest absolute Gasteiger partial charge is 0.147 e. The summed E-state index contributed by atoms with van der Waals surface area (Å²) >= 11 is 0. The van der Waals surface area contributed by atoms with Gasteiger partial charge in [-0.1, -0.05) is 25.1 Å². The number of methoxy groups -OCH3 is 1. The number of halogens is 1. The topological polar surface area (TPSA) is 57.2 Å². The van der Waals surface area contributed by atoms with Crippen LogP contribution in [-0.4, -0.2) is 37.9 Å². The molecule has 0 aliphatic heterocycles. The quantitative estimate of drug-likeness (QED) is 0.308. The predicted molar refractivity (Wildman–Crippen MR) is 135 cm³/mol. The van der Waals surface area contributed by atoms with Crippen LogP contribution >= 0.6 is 0 Å². The molecule has 0 fully saturated rings. The normalized spacial score (nSPS) is 12.4. The number of imidazole rings is 1. The number of aromatic nitrogens is 5. The molecule has 0 bridgehead atoms. The van der Waals surface area contributed by atoms with E-state index in [2.05, 4.69) is 58.7 Å². The monoisotopic (exact) mass is 469 g/mol. The van der Waals surface area contributed by atoms with E-state index in [1.54, 1.807) is 25.6 Å². The van der Waals surface area contributed by atoms with Crippen LogP contribution in [0.3, 0.4) is 0 Å². The minimum Gasteiger partial charge on any atom is -0.384 e. The molecule has 7 heteroatoms. The number of rotatable bonds is 7. The Morgan fingerprint density at radius 2 is 1.86 bits per heavy atom. The number of nitrogens with zero attached hydrogens (tertiary/aromatic N) is 5. The molecule has 3 aromatic heterocycles. The lowest BCUT2D eigenvalue weighted by molar-refractivity contribution is 0.201. The van der Waals surface area contributed by atoms with Gasteiger partial charge in [0.25, 0.3) is 0 Å². The minimum absolute atomic E-state index is 0.114. The average molecular weight is 470 g/mol. The zero-order valence-electron chi connectivity index (χ0n) is 20.4. The van der Waals surface area contributed by atoms with E-state index in [1.807, 2.05) is 17.8 Å². The van der Waals surface area contributed by atoms with Crippen molar-refractivity contribution in [3.8, 4) is 16.9 Å². The SMILES string of the molecule is COCCc1c(-c2ccc(F)cc2)nc2c(C(C)c3ccc(-n4cnc(C)n4)c(C)c3)cccn12. The van der Waals surface area contributed by atoms with Crippen LogP contribution in [-0.2, 0) is 11.2 Å². The number of pyridine rings is 1. The first kappa shape index (κ1) is 22.9. The van der Waals surface area contributed by atoms with E-state index in [4.69, 9.17) is 9.72 Å². The fourth-order valence-corrected chi connectivity index (χ4v) is 4.60. The Labute approximate surface area is 204 Å². The maximum absolute atomic E-state index is 13.6. The Kier molecular flexibility index (Phi) is 6.17. The van der Waals surface area contributed by atoms with Crippen LogP contribution in [0, 0.1) is 19.7 Å². The zero-order chi connectivity index (χ0) is 24.5. The molecule has 0 aliphatic carbocycles. The molecule has 5 aromatic rings. The van der Waals surface area contributed by atoms with Crippen LogP contribution < -0.4 is 0 Å². The molecule has 0 N–H and O–H groups in total. The third kappa shape index (κ3) is 4.35. The van der Waals surface area contributed by atoms with E-state index in [0.29, 0.717) is 13.0 Å². The molecule has 1 atom stereocenters. The van der Waals surface area contributed by atoms with Crippen molar-refractivity contribution in [1.82, 2.24) is 24.1 Å². The van der Waals surface area contributed by atoms with Crippen molar-refractivity contribution in [1.29, 1.82) is 0 Å². The lowest BCUT2D eigenvalue weighted by atomic mass is 9.92. The molecule has 0 spiro atoms. The predicted octanol–water partition coefficient (Wildman–Crippen LogP) is 5.68. The van der Waals surface area contributed by atoms with Gasteiger partial charge in [-0.25, -0.2) is 19.0 Å². The standard InChI is InChI=1S/C28H28FN5O/c1-18-16-22(9-12-25(18)34-17-30-20(3)32-34)19(2)24-6-5-14-33-26(13-15-35-4)27(31-28(24)33)21-7-10-23(29)11-8-21/h5-12,14,16-17,19H,13,15H2,1-4H3. The number of fused-ring (bicyclic) bond motifs is 1. The van der Waals surface area contributed by atoms with Crippen LogP contribution in [0.15, 0.2) is 67.1 Å². The second-order valence-electron chi connectivity index (χ2n) is 8.82. The molecule has 0 saturated carbocycles. The van der Waals surface area contributed by atoms with Gasteiger partial charge in [-0.05, 0) is 61.4 Å². The summed E-state index contributed by atoms with van der Waals surface area (Å²) in [6, 6.07) is 17.1. The first-order chi connectivity index (χ1) is 17.0. The van der Waals surface area contributed by atoms with Crippen molar-refractivity contribution >= 4 is 5.65 Å². The van der Waals surface area contributed by atoms with Gasteiger partial charge >= 0.3 is 0 Å².